The number of nitrogens with zero attached hydrogens (tertiary/aromatic N) is 1. The summed E-state index contributed by atoms with van der Waals surface area (Å²) in [5.41, 5.74) is 2.37. The molecule has 0 aromatic heterocycles. The second kappa shape index (κ2) is 6.54. The van der Waals surface area contributed by atoms with Gasteiger partial charge in [-0.2, -0.15) is 0 Å². The maximum Gasteiger partial charge on any atom is 0.255 e. The molecule has 5 nitrogen and oxygen atoms in total. The number of carbonyl (C=O) groups excluding carboxylic acids is 2. The van der Waals surface area contributed by atoms with Gasteiger partial charge in [0.15, 0.2) is 0 Å². The van der Waals surface area contributed by atoms with Crippen molar-refractivity contribution in [1.29, 1.82) is 0 Å². The van der Waals surface area contributed by atoms with Crippen molar-refractivity contribution in [2.45, 2.75) is 63.6 Å². The standard InChI is InChI=1S/C20H24N2O3/c1-13-7-10-18(19(23)21-13)22-12-14-11-16(8-9-17(14)20(22)24)25-15-5-3-2-4-6-15/h8-9,11,15,18H,1-7,10,12H2,(H,21,23). The van der Waals surface area contributed by atoms with Gasteiger partial charge in [-0.1, -0.05) is 13.0 Å². The minimum Gasteiger partial charge on any atom is -0.490 e. The van der Waals surface area contributed by atoms with Gasteiger partial charge >= 0.3 is 0 Å². The molecule has 1 saturated heterocycles. The van der Waals surface area contributed by atoms with Gasteiger partial charge in [-0.3, -0.25) is 9.59 Å². The van der Waals surface area contributed by atoms with Gasteiger partial charge in [0, 0.05) is 17.8 Å². The lowest BCUT2D eigenvalue weighted by Gasteiger charge is -2.30. The van der Waals surface area contributed by atoms with Crippen LogP contribution in [-0.2, 0) is 11.3 Å². The van der Waals surface area contributed by atoms with Crippen molar-refractivity contribution >= 4 is 11.8 Å². The lowest BCUT2D eigenvalue weighted by atomic mass is 9.98. The zero-order valence-electron chi connectivity index (χ0n) is 14.4. The lowest BCUT2D eigenvalue weighted by molar-refractivity contribution is -0.126. The predicted octanol–water partition coefficient (Wildman–Crippen LogP) is 3.15. The smallest absolute Gasteiger partial charge is 0.255 e. The Morgan fingerprint density at radius 3 is 2.68 bits per heavy atom. The number of rotatable bonds is 3. The quantitative estimate of drug-likeness (QED) is 0.919. The van der Waals surface area contributed by atoms with Crippen molar-refractivity contribution in [2.75, 3.05) is 0 Å². The van der Waals surface area contributed by atoms with Crippen LogP contribution in [-0.4, -0.2) is 28.9 Å². The average Bonchev–Trinajstić information content (AvgIpc) is 2.92. The van der Waals surface area contributed by atoms with Crippen LogP contribution in [0, 0.1) is 0 Å². The van der Waals surface area contributed by atoms with E-state index in [9.17, 15) is 9.59 Å². The first kappa shape index (κ1) is 16.2. The summed E-state index contributed by atoms with van der Waals surface area (Å²) in [5, 5.41) is 2.77. The van der Waals surface area contributed by atoms with Crippen molar-refractivity contribution in [3.63, 3.8) is 0 Å². The number of hydrogen-bond donors (Lipinski definition) is 1. The van der Waals surface area contributed by atoms with E-state index < -0.39 is 6.04 Å². The van der Waals surface area contributed by atoms with Gasteiger partial charge < -0.3 is 15.0 Å². The van der Waals surface area contributed by atoms with Crippen molar-refractivity contribution in [2.24, 2.45) is 0 Å². The number of fused-ring (bicyclic) bond motifs is 1. The molecule has 2 heterocycles. The summed E-state index contributed by atoms with van der Waals surface area (Å²) in [7, 11) is 0. The summed E-state index contributed by atoms with van der Waals surface area (Å²) in [6.07, 6.45) is 7.59. The Hall–Kier alpha value is -2.30. The van der Waals surface area contributed by atoms with Gasteiger partial charge in [-0.15, -0.1) is 0 Å². The largest absolute Gasteiger partial charge is 0.490 e. The fourth-order valence-electron chi connectivity index (χ4n) is 4.08. The number of allylic oxidation sites excluding steroid dienone is 1. The summed E-state index contributed by atoms with van der Waals surface area (Å²) < 4.78 is 6.11. The monoisotopic (exact) mass is 340 g/mol. The Morgan fingerprint density at radius 1 is 1.12 bits per heavy atom. The van der Waals surface area contributed by atoms with Crippen molar-refractivity contribution < 1.29 is 14.3 Å². The van der Waals surface area contributed by atoms with Crippen LogP contribution >= 0.6 is 0 Å². The third-order valence-corrected chi connectivity index (χ3v) is 5.46. The molecule has 0 bridgehead atoms. The van der Waals surface area contributed by atoms with Gasteiger partial charge in [-0.05, 0) is 62.3 Å². The number of ether oxygens (including phenoxy) is 1. The van der Waals surface area contributed by atoms with E-state index in [2.05, 4.69) is 11.9 Å². The van der Waals surface area contributed by atoms with E-state index in [0.29, 0.717) is 24.9 Å². The average molecular weight is 340 g/mol. The molecule has 25 heavy (non-hydrogen) atoms. The highest BCUT2D eigenvalue weighted by atomic mass is 16.5. The Kier molecular flexibility index (Phi) is 4.24. The van der Waals surface area contributed by atoms with Crippen molar-refractivity contribution in [3.05, 3.63) is 41.6 Å². The van der Waals surface area contributed by atoms with Gasteiger partial charge in [0.2, 0.25) is 5.91 Å². The first-order chi connectivity index (χ1) is 12.1. The fraction of sp³-hybridized carbons (Fsp3) is 0.500. The number of carbonyl (C=O) groups is 2. The summed E-state index contributed by atoms with van der Waals surface area (Å²) in [6.45, 7) is 4.27. The maximum absolute atomic E-state index is 12.7. The van der Waals surface area contributed by atoms with E-state index in [1.165, 1.54) is 19.3 Å². The molecule has 2 fully saturated rings. The summed E-state index contributed by atoms with van der Waals surface area (Å²) in [4.78, 5) is 26.6. The molecule has 1 N–H and O–H groups in total. The van der Waals surface area contributed by atoms with Crippen LogP contribution in [0.3, 0.4) is 0 Å². The number of hydrogen-bond acceptors (Lipinski definition) is 3. The number of piperidine rings is 1. The zero-order valence-corrected chi connectivity index (χ0v) is 14.4. The summed E-state index contributed by atoms with van der Waals surface area (Å²) >= 11 is 0. The van der Waals surface area contributed by atoms with E-state index in [4.69, 9.17) is 4.74 Å². The van der Waals surface area contributed by atoms with Crippen LogP contribution < -0.4 is 10.1 Å². The van der Waals surface area contributed by atoms with Crippen LogP contribution in [0.1, 0.15) is 60.9 Å². The zero-order chi connectivity index (χ0) is 17.4. The van der Waals surface area contributed by atoms with Gasteiger partial charge in [-0.25, -0.2) is 0 Å². The molecular weight excluding hydrogens is 316 g/mol. The van der Waals surface area contributed by atoms with Crippen LogP contribution in [0.15, 0.2) is 30.5 Å². The molecule has 0 spiro atoms. The van der Waals surface area contributed by atoms with E-state index in [1.54, 1.807) is 4.90 Å². The molecule has 4 rings (SSSR count). The molecule has 1 aromatic rings. The molecule has 2 aliphatic heterocycles. The molecule has 0 radical (unpaired) electrons. The van der Waals surface area contributed by atoms with Crippen LogP contribution in [0.2, 0.25) is 0 Å². The van der Waals surface area contributed by atoms with Crippen molar-refractivity contribution in [1.82, 2.24) is 10.2 Å². The fourth-order valence-corrected chi connectivity index (χ4v) is 4.08. The molecule has 132 valence electrons. The first-order valence-corrected chi connectivity index (χ1v) is 9.21. The number of amides is 2. The second-order valence-electron chi connectivity index (χ2n) is 7.28. The van der Waals surface area contributed by atoms with Crippen LogP contribution in [0.25, 0.3) is 0 Å². The summed E-state index contributed by atoms with van der Waals surface area (Å²) in [6, 6.07) is 5.29. The second-order valence-corrected chi connectivity index (χ2v) is 7.28. The highest BCUT2D eigenvalue weighted by molar-refractivity contribution is 6.01. The molecule has 1 atom stereocenters. The molecule has 1 unspecified atom stereocenters. The molecule has 5 heteroatoms. The predicted molar refractivity (Wildman–Crippen MR) is 94.1 cm³/mol. The Labute approximate surface area is 148 Å². The SMILES string of the molecule is C=C1CCC(N2Cc3cc(OC4CCCCC4)ccc3C2=O)C(=O)N1. The molecule has 1 saturated carbocycles. The minimum atomic E-state index is -0.409. The van der Waals surface area contributed by atoms with Gasteiger partial charge in [0.1, 0.15) is 11.8 Å². The van der Waals surface area contributed by atoms with E-state index in [1.807, 2.05) is 18.2 Å². The summed E-state index contributed by atoms with van der Waals surface area (Å²) in [5.74, 6) is 0.643. The van der Waals surface area contributed by atoms with Crippen molar-refractivity contribution in [3.8, 4) is 5.75 Å². The van der Waals surface area contributed by atoms with E-state index >= 15 is 0 Å². The number of benzene rings is 1. The maximum atomic E-state index is 12.7. The highest BCUT2D eigenvalue weighted by Crippen LogP contribution is 2.32. The number of nitrogens with one attached hydrogen (secondary N) is 1. The minimum absolute atomic E-state index is 0.0631. The molecule has 1 aromatic carbocycles. The molecular formula is C20H24N2O3. The Balaban J connectivity index is 1.49. The van der Waals surface area contributed by atoms with E-state index in [-0.39, 0.29) is 17.9 Å². The Bertz CT molecular complexity index is 722. The third-order valence-electron chi connectivity index (χ3n) is 5.46. The van der Waals surface area contributed by atoms with Crippen LogP contribution in [0.5, 0.6) is 5.75 Å². The van der Waals surface area contributed by atoms with Gasteiger partial charge in [0.25, 0.3) is 5.91 Å². The lowest BCUT2D eigenvalue weighted by Crippen LogP contribution is -2.49. The molecule has 3 aliphatic rings. The topological polar surface area (TPSA) is 58.6 Å². The molecule has 1 aliphatic carbocycles. The highest BCUT2D eigenvalue weighted by Gasteiger charge is 2.38. The van der Waals surface area contributed by atoms with Gasteiger partial charge in [0.05, 0.1) is 6.10 Å². The first-order valence-electron chi connectivity index (χ1n) is 9.21. The van der Waals surface area contributed by atoms with E-state index in [0.717, 1.165) is 29.9 Å². The third kappa shape index (κ3) is 3.15. The normalized spacial score (nSPS) is 24.2. The Morgan fingerprint density at radius 2 is 1.92 bits per heavy atom. The molecule has 2 amide bonds. The van der Waals surface area contributed by atoms with Crippen LogP contribution in [0.4, 0.5) is 0 Å².